The SMILES string of the molecule is COc1cccc2c1C(=O)c1c(O)c3c(c(O)c1C2=O)CC1(C(C)=O)OC1C3. The minimum Gasteiger partial charge on any atom is -0.507 e. The van der Waals surface area contributed by atoms with Gasteiger partial charge in [0.1, 0.15) is 17.2 Å². The number of phenols is 2. The first-order chi connectivity index (χ1) is 13.3. The lowest BCUT2D eigenvalue weighted by Gasteiger charge is -2.27. The Morgan fingerprint density at radius 3 is 2.46 bits per heavy atom. The monoisotopic (exact) mass is 380 g/mol. The molecule has 0 aromatic heterocycles. The fraction of sp³-hybridized carbons (Fsp3) is 0.286. The maximum absolute atomic E-state index is 13.2. The zero-order valence-corrected chi connectivity index (χ0v) is 15.2. The van der Waals surface area contributed by atoms with Gasteiger partial charge in [0.05, 0.1) is 29.9 Å². The third-order valence-electron chi connectivity index (χ3n) is 6.07. The topological polar surface area (TPSA) is 113 Å². The zero-order chi connectivity index (χ0) is 20.0. The number of benzene rings is 2. The second kappa shape index (κ2) is 5.20. The number of aromatic hydroxyl groups is 2. The first kappa shape index (κ1) is 16.9. The van der Waals surface area contributed by atoms with Gasteiger partial charge in [-0.2, -0.15) is 0 Å². The maximum atomic E-state index is 13.2. The number of epoxide rings is 1. The van der Waals surface area contributed by atoms with Gasteiger partial charge in [-0.15, -0.1) is 0 Å². The molecule has 2 N–H and O–H groups in total. The van der Waals surface area contributed by atoms with E-state index in [4.69, 9.17) is 9.47 Å². The van der Waals surface area contributed by atoms with Crippen LogP contribution in [0.15, 0.2) is 18.2 Å². The molecule has 1 fully saturated rings. The molecule has 7 heteroatoms. The molecule has 5 rings (SSSR count). The van der Waals surface area contributed by atoms with E-state index in [1.165, 1.54) is 20.1 Å². The van der Waals surface area contributed by atoms with E-state index in [1.807, 2.05) is 0 Å². The van der Waals surface area contributed by atoms with E-state index in [1.54, 1.807) is 12.1 Å². The summed E-state index contributed by atoms with van der Waals surface area (Å²) in [5, 5.41) is 21.8. The Kier molecular flexibility index (Phi) is 3.15. The van der Waals surface area contributed by atoms with E-state index < -0.39 is 23.3 Å². The first-order valence-corrected chi connectivity index (χ1v) is 8.86. The van der Waals surface area contributed by atoms with Crippen LogP contribution < -0.4 is 4.74 Å². The fourth-order valence-electron chi connectivity index (χ4n) is 4.53. The number of ether oxygens (including phenoxy) is 2. The van der Waals surface area contributed by atoms with E-state index >= 15 is 0 Å². The lowest BCUT2D eigenvalue weighted by Crippen LogP contribution is -2.33. The molecule has 1 saturated heterocycles. The summed E-state index contributed by atoms with van der Waals surface area (Å²) in [5.41, 5.74) is -0.691. The minimum absolute atomic E-state index is 0.0570. The number of rotatable bonds is 2. The molecule has 2 aromatic rings. The van der Waals surface area contributed by atoms with Gasteiger partial charge in [-0.25, -0.2) is 0 Å². The van der Waals surface area contributed by atoms with Crippen LogP contribution in [0.4, 0.5) is 0 Å². The Morgan fingerprint density at radius 1 is 1.11 bits per heavy atom. The van der Waals surface area contributed by atoms with Crippen molar-refractivity contribution in [1.82, 2.24) is 0 Å². The summed E-state index contributed by atoms with van der Waals surface area (Å²) >= 11 is 0. The minimum atomic E-state index is -1.02. The van der Waals surface area contributed by atoms with Gasteiger partial charge in [0, 0.05) is 29.5 Å². The summed E-state index contributed by atoms with van der Waals surface area (Å²) in [7, 11) is 1.39. The van der Waals surface area contributed by atoms with Gasteiger partial charge in [0.15, 0.2) is 17.2 Å². The molecule has 1 heterocycles. The molecule has 2 unspecified atom stereocenters. The number of phenolic OH excluding ortho intramolecular Hbond substituents is 2. The van der Waals surface area contributed by atoms with E-state index in [-0.39, 0.29) is 63.7 Å². The third-order valence-corrected chi connectivity index (χ3v) is 6.07. The van der Waals surface area contributed by atoms with Gasteiger partial charge < -0.3 is 19.7 Å². The van der Waals surface area contributed by atoms with Crippen molar-refractivity contribution in [1.29, 1.82) is 0 Å². The molecule has 3 aliphatic rings. The van der Waals surface area contributed by atoms with Crippen molar-refractivity contribution in [2.45, 2.75) is 31.5 Å². The average Bonchev–Trinajstić information content (AvgIpc) is 3.42. The Bertz CT molecular complexity index is 1130. The number of methoxy groups -OCH3 is 1. The highest BCUT2D eigenvalue weighted by molar-refractivity contribution is 6.31. The summed E-state index contributed by atoms with van der Waals surface area (Å²) in [6.07, 6.45) is -0.166. The van der Waals surface area contributed by atoms with Crippen molar-refractivity contribution in [3.05, 3.63) is 51.6 Å². The van der Waals surface area contributed by atoms with Crippen molar-refractivity contribution < 1.29 is 34.1 Å². The largest absolute Gasteiger partial charge is 0.507 e. The molecule has 0 amide bonds. The molecule has 2 atom stereocenters. The number of hydrogen-bond donors (Lipinski definition) is 2. The van der Waals surface area contributed by atoms with E-state index in [9.17, 15) is 24.6 Å². The number of hydrogen-bond acceptors (Lipinski definition) is 7. The summed E-state index contributed by atoms with van der Waals surface area (Å²) in [6.45, 7) is 1.41. The maximum Gasteiger partial charge on any atom is 0.202 e. The quantitative estimate of drug-likeness (QED) is 0.514. The second-order valence-electron chi connectivity index (χ2n) is 7.38. The van der Waals surface area contributed by atoms with Gasteiger partial charge in [-0.3, -0.25) is 14.4 Å². The second-order valence-corrected chi connectivity index (χ2v) is 7.38. The van der Waals surface area contributed by atoms with E-state index in [0.717, 1.165) is 0 Å². The number of carbonyl (C=O) groups is 3. The summed E-state index contributed by atoms with van der Waals surface area (Å²) < 4.78 is 10.8. The Labute approximate surface area is 159 Å². The van der Waals surface area contributed by atoms with Crippen LogP contribution in [0, 0.1) is 0 Å². The van der Waals surface area contributed by atoms with Crippen LogP contribution in [0.1, 0.15) is 49.9 Å². The Balaban J connectivity index is 1.77. The smallest absolute Gasteiger partial charge is 0.202 e. The van der Waals surface area contributed by atoms with Crippen LogP contribution in [0.25, 0.3) is 0 Å². The van der Waals surface area contributed by atoms with Crippen molar-refractivity contribution in [2.75, 3.05) is 7.11 Å². The molecule has 0 radical (unpaired) electrons. The Morgan fingerprint density at radius 2 is 1.79 bits per heavy atom. The van der Waals surface area contributed by atoms with Crippen LogP contribution in [0.3, 0.4) is 0 Å². The molecule has 1 aliphatic heterocycles. The van der Waals surface area contributed by atoms with Gasteiger partial charge >= 0.3 is 0 Å². The molecule has 142 valence electrons. The molecule has 0 bridgehead atoms. The van der Waals surface area contributed by atoms with Crippen molar-refractivity contribution in [3.63, 3.8) is 0 Å². The van der Waals surface area contributed by atoms with Crippen LogP contribution in [-0.2, 0) is 22.4 Å². The molecular weight excluding hydrogens is 364 g/mol. The molecule has 2 aliphatic carbocycles. The molecule has 0 spiro atoms. The standard InChI is InChI=1S/C21H16O7/c1-8(22)21-7-11-10(6-13(21)28-21)18(24)16-15(19(11)25)17(23)9-4-3-5-12(27-2)14(9)20(16)26/h3-5,13,24-25H,6-7H2,1-2H3. The molecule has 28 heavy (non-hydrogen) atoms. The van der Waals surface area contributed by atoms with E-state index in [0.29, 0.717) is 5.56 Å². The summed E-state index contributed by atoms with van der Waals surface area (Å²) in [6, 6.07) is 4.62. The number of fused-ring (bicyclic) bond motifs is 4. The highest BCUT2D eigenvalue weighted by Gasteiger charge is 2.63. The number of Topliss-reactive ketones (excluding diaryl/α,β-unsaturated/α-hetero) is 1. The van der Waals surface area contributed by atoms with Gasteiger partial charge in [-0.05, 0) is 13.0 Å². The van der Waals surface area contributed by atoms with Crippen LogP contribution in [0.2, 0.25) is 0 Å². The van der Waals surface area contributed by atoms with Gasteiger partial charge in [-0.1, -0.05) is 12.1 Å². The molecule has 7 nitrogen and oxygen atoms in total. The molecular formula is C21H16O7. The highest BCUT2D eigenvalue weighted by atomic mass is 16.6. The predicted molar refractivity (Wildman–Crippen MR) is 95.3 cm³/mol. The third kappa shape index (κ3) is 1.84. The van der Waals surface area contributed by atoms with Gasteiger partial charge in [0.25, 0.3) is 0 Å². The normalized spacial score (nSPS) is 24.0. The Hall–Kier alpha value is -3.19. The van der Waals surface area contributed by atoms with Crippen molar-refractivity contribution in [2.24, 2.45) is 0 Å². The average molecular weight is 380 g/mol. The van der Waals surface area contributed by atoms with Gasteiger partial charge in [0.2, 0.25) is 5.78 Å². The van der Waals surface area contributed by atoms with Crippen molar-refractivity contribution in [3.8, 4) is 17.2 Å². The summed E-state index contributed by atoms with van der Waals surface area (Å²) in [5.74, 6) is -1.82. The number of carbonyl (C=O) groups excluding carboxylic acids is 3. The fourth-order valence-corrected chi connectivity index (χ4v) is 4.53. The molecule has 0 saturated carbocycles. The zero-order valence-electron chi connectivity index (χ0n) is 15.2. The molecule has 2 aromatic carbocycles. The van der Waals surface area contributed by atoms with Crippen LogP contribution >= 0.6 is 0 Å². The van der Waals surface area contributed by atoms with Crippen LogP contribution in [-0.4, -0.2) is 46.4 Å². The predicted octanol–water partition coefficient (Wildman–Crippen LogP) is 1.71. The highest BCUT2D eigenvalue weighted by Crippen LogP contribution is 2.54. The lowest BCUT2D eigenvalue weighted by molar-refractivity contribution is -0.122. The van der Waals surface area contributed by atoms with Crippen LogP contribution in [0.5, 0.6) is 17.2 Å². The van der Waals surface area contributed by atoms with Crippen molar-refractivity contribution >= 4 is 17.3 Å². The lowest BCUT2D eigenvalue weighted by atomic mass is 9.75. The summed E-state index contributed by atoms with van der Waals surface area (Å²) in [4.78, 5) is 38.3. The van der Waals surface area contributed by atoms with E-state index in [2.05, 4.69) is 0 Å². The first-order valence-electron chi connectivity index (χ1n) is 8.86. The number of ketones is 3.